The molecule has 1 aliphatic rings. The van der Waals surface area contributed by atoms with Crippen LogP contribution in [0, 0.1) is 5.82 Å². The Kier molecular flexibility index (Phi) is 6.95. The first-order valence-corrected chi connectivity index (χ1v) is 9.57. The zero-order valence-corrected chi connectivity index (χ0v) is 17.2. The minimum atomic E-state index is -4.61. The molecule has 1 aromatic carbocycles. The van der Waals surface area contributed by atoms with Crippen LogP contribution in [-0.4, -0.2) is 41.5 Å². The molecular weight excluding hydrogens is 446 g/mol. The van der Waals surface area contributed by atoms with Crippen LogP contribution >= 0.6 is 0 Å². The molecule has 3 rings (SSSR count). The predicted octanol–water partition coefficient (Wildman–Crippen LogP) is 2.42. The lowest BCUT2D eigenvalue weighted by Crippen LogP contribution is -2.67. The van der Waals surface area contributed by atoms with Crippen LogP contribution in [0.4, 0.5) is 17.6 Å². The van der Waals surface area contributed by atoms with Gasteiger partial charge in [-0.1, -0.05) is 18.2 Å². The SMILES string of the molecule is CC(=O)NC1(C(=O)NCc2cnc(OCC(F)(F)F)c(-c3ccccc3F)c2)C=NC=CN1. The van der Waals surface area contributed by atoms with Crippen molar-refractivity contribution in [3.63, 3.8) is 0 Å². The number of amides is 2. The van der Waals surface area contributed by atoms with Gasteiger partial charge in [-0.15, -0.1) is 0 Å². The number of carbonyl (C=O) groups is 2. The molecule has 12 heteroatoms. The fraction of sp³-hybridized carbons (Fsp3) is 0.238. The molecule has 1 unspecified atom stereocenters. The third kappa shape index (κ3) is 6.05. The van der Waals surface area contributed by atoms with E-state index in [0.29, 0.717) is 5.56 Å². The average Bonchev–Trinajstić information content (AvgIpc) is 2.76. The molecule has 0 fully saturated rings. The Labute approximate surface area is 185 Å². The molecule has 8 nitrogen and oxygen atoms in total. The molecule has 0 spiro atoms. The summed E-state index contributed by atoms with van der Waals surface area (Å²) in [5.74, 6) is -2.24. The lowest BCUT2D eigenvalue weighted by atomic mass is 10.0. The molecule has 1 aromatic heterocycles. The molecule has 0 aliphatic carbocycles. The second-order valence-corrected chi connectivity index (χ2v) is 6.99. The van der Waals surface area contributed by atoms with E-state index in [0.717, 1.165) is 6.07 Å². The van der Waals surface area contributed by atoms with Crippen molar-refractivity contribution >= 4 is 18.0 Å². The molecule has 33 heavy (non-hydrogen) atoms. The topological polar surface area (TPSA) is 105 Å². The molecule has 1 atom stereocenters. The van der Waals surface area contributed by atoms with Gasteiger partial charge in [0.05, 0.1) is 6.21 Å². The number of nitrogens with zero attached hydrogens (tertiary/aromatic N) is 2. The predicted molar refractivity (Wildman–Crippen MR) is 110 cm³/mol. The summed E-state index contributed by atoms with van der Waals surface area (Å²) in [6.45, 7) is -0.504. The van der Waals surface area contributed by atoms with Crippen molar-refractivity contribution < 1.29 is 31.9 Å². The molecule has 1 aliphatic heterocycles. The number of rotatable bonds is 7. The second-order valence-electron chi connectivity index (χ2n) is 6.99. The molecule has 174 valence electrons. The van der Waals surface area contributed by atoms with E-state index in [1.54, 1.807) is 0 Å². The van der Waals surface area contributed by atoms with Gasteiger partial charge in [0.2, 0.25) is 17.5 Å². The first-order valence-electron chi connectivity index (χ1n) is 9.57. The molecule has 2 amide bonds. The van der Waals surface area contributed by atoms with E-state index in [-0.39, 0.29) is 17.7 Å². The zero-order valence-electron chi connectivity index (χ0n) is 17.2. The summed E-state index contributed by atoms with van der Waals surface area (Å²) < 4.78 is 57.0. The number of aliphatic imine (C=N–C) groups is 1. The number of benzene rings is 1. The number of ether oxygens (including phenoxy) is 1. The maximum absolute atomic E-state index is 14.3. The van der Waals surface area contributed by atoms with Gasteiger partial charge in [0.25, 0.3) is 5.91 Å². The summed E-state index contributed by atoms with van der Waals surface area (Å²) in [6.07, 6.45) is 0.560. The smallest absolute Gasteiger partial charge is 0.422 e. The van der Waals surface area contributed by atoms with Gasteiger partial charge < -0.3 is 20.7 Å². The van der Waals surface area contributed by atoms with Crippen LogP contribution in [0.1, 0.15) is 12.5 Å². The summed E-state index contributed by atoms with van der Waals surface area (Å²) in [5, 5.41) is 7.77. The second kappa shape index (κ2) is 9.67. The minimum absolute atomic E-state index is 0.0130. The summed E-state index contributed by atoms with van der Waals surface area (Å²) in [7, 11) is 0. The van der Waals surface area contributed by atoms with Gasteiger partial charge in [0.15, 0.2) is 6.61 Å². The highest BCUT2D eigenvalue weighted by atomic mass is 19.4. The van der Waals surface area contributed by atoms with Crippen LogP contribution < -0.4 is 20.7 Å². The monoisotopic (exact) mass is 465 g/mol. The van der Waals surface area contributed by atoms with Crippen LogP contribution in [0.25, 0.3) is 11.1 Å². The van der Waals surface area contributed by atoms with Crippen molar-refractivity contribution in [2.45, 2.75) is 25.3 Å². The van der Waals surface area contributed by atoms with Gasteiger partial charge in [0, 0.05) is 43.2 Å². The summed E-state index contributed by atoms with van der Waals surface area (Å²) in [5.41, 5.74) is -1.31. The Morgan fingerprint density at radius 1 is 1.21 bits per heavy atom. The summed E-state index contributed by atoms with van der Waals surface area (Å²) >= 11 is 0. The number of aromatic nitrogens is 1. The third-order valence-electron chi connectivity index (χ3n) is 4.37. The molecular formula is C21H19F4N5O3. The van der Waals surface area contributed by atoms with Crippen molar-refractivity contribution in [3.8, 4) is 17.0 Å². The van der Waals surface area contributed by atoms with Crippen molar-refractivity contribution in [2.24, 2.45) is 4.99 Å². The van der Waals surface area contributed by atoms with Gasteiger partial charge in [-0.05, 0) is 17.7 Å². The van der Waals surface area contributed by atoms with E-state index in [9.17, 15) is 27.2 Å². The van der Waals surface area contributed by atoms with E-state index < -0.39 is 42.0 Å². The summed E-state index contributed by atoms with van der Waals surface area (Å²) in [4.78, 5) is 32.1. The third-order valence-corrected chi connectivity index (χ3v) is 4.37. The average molecular weight is 465 g/mol. The molecule has 0 saturated heterocycles. The fourth-order valence-corrected chi connectivity index (χ4v) is 2.98. The number of alkyl halides is 3. The van der Waals surface area contributed by atoms with Gasteiger partial charge in [-0.2, -0.15) is 13.2 Å². The van der Waals surface area contributed by atoms with E-state index in [1.807, 2.05) is 0 Å². The first-order chi connectivity index (χ1) is 15.6. The maximum atomic E-state index is 14.3. The molecule has 0 bridgehead atoms. The number of pyridine rings is 1. The molecule has 0 saturated carbocycles. The van der Waals surface area contributed by atoms with Crippen LogP contribution in [0.15, 0.2) is 53.9 Å². The van der Waals surface area contributed by atoms with Gasteiger partial charge in [0.1, 0.15) is 5.82 Å². The van der Waals surface area contributed by atoms with Gasteiger partial charge in [-0.25, -0.2) is 9.37 Å². The number of hydrogen-bond acceptors (Lipinski definition) is 6. The maximum Gasteiger partial charge on any atom is 0.422 e. The lowest BCUT2D eigenvalue weighted by molar-refractivity contribution is -0.154. The van der Waals surface area contributed by atoms with Crippen molar-refractivity contribution in [1.82, 2.24) is 20.9 Å². The normalized spacial score (nSPS) is 17.2. The first kappa shape index (κ1) is 23.7. The van der Waals surface area contributed by atoms with Crippen LogP contribution in [0.2, 0.25) is 0 Å². The molecule has 2 heterocycles. The van der Waals surface area contributed by atoms with Crippen molar-refractivity contribution in [2.75, 3.05) is 6.61 Å². The van der Waals surface area contributed by atoms with Crippen LogP contribution in [-0.2, 0) is 16.1 Å². The van der Waals surface area contributed by atoms with Crippen LogP contribution in [0.3, 0.4) is 0 Å². The Bertz CT molecular complexity index is 1100. The van der Waals surface area contributed by atoms with Crippen molar-refractivity contribution in [3.05, 3.63) is 60.3 Å². The lowest BCUT2D eigenvalue weighted by Gasteiger charge is -2.30. The number of hydrogen-bond donors (Lipinski definition) is 3. The fourth-order valence-electron chi connectivity index (χ4n) is 2.98. The van der Waals surface area contributed by atoms with Crippen LogP contribution in [0.5, 0.6) is 5.88 Å². The minimum Gasteiger partial charge on any atom is -0.468 e. The largest absolute Gasteiger partial charge is 0.468 e. The molecule has 0 radical (unpaired) electrons. The highest BCUT2D eigenvalue weighted by Crippen LogP contribution is 2.32. The Morgan fingerprint density at radius 3 is 2.61 bits per heavy atom. The number of nitrogens with one attached hydrogen (secondary N) is 3. The van der Waals surface area contributed by atoms with E-state index in [2.05, 4.69) is 25.9 Å². The Hall–Kier alpha value is -3.96. The molecule has 3 N–H and O–H groups in total. The number of carbonyl (C=O) groups excluding carboxylic acids is 2. The highest BCUT2D eigenvalue weighted by Gasteiger charge is 2.38. The quantitative estimate of drug-likeness (QED) is 0.545. The molecule has 2 aromatic rings. The Morgan fingerprint density at radius 2 is 1.97 bits per heavy atom. The van der Waals surface area contributed by atoms with Gasteiger partial charge >= 0.3 is 6.18 Å². The summed E-state index contributed by atoms with van der Waals surface area (Å²) in [6, 6.07) is 6.83. The number of halogens is 4. The van der Waals surface area contributed by atoms with Crippen molar-refractivity contribution in [1.29, 1.82) is 0 Å². The standard InChI is InChI=1S/C21H19F4N5O3/c1-13(31)30-20(11-26-6-7-29-20)19(32)28-10-14-8-16(15-4-2-3-5-17(15)22)18(27-9-14)33-12-21(23,24)25/h2-9,11,29H,10,12H2,1H3,(H,28,32)(H,30,31). The Balaban J connectivity index is 1.85. The zero-order chi connectivity index (χ0) is 24.1. The van der Waals surface area contributed by atoms with Gasteiger partial charge in [-0.3, -0.25) is 14.6 Å². The highest BCUT2D eigenvalue weighted by molar-refractivity contribution is 6.06. The van der Waals surface area contributed by atoms with E-state index in [1.165, 1.54) is 56.0 Å². The van der Waals surface area contributed by atoms with E-state index in [4.69, 9.17) is 4.74 Å². The van der Waals surface area contributed by atoms with E-state index >= 15 is 0 Å².